The van der Waals surface area contributed by atoms with Crippen LogP contribution in [0.15, 0.2) is 6.33 Å². The highest BCUT2D eigenvalue weighted by atomic mass is 16.3. The minimum absolute atomic E-state index is 0.104. The van der Waals surface area contributed by atoms with Crippen molar-refractivity contribution in [2.45, 2.75) is 6.73 Å². The van der Waals surface area contributed by atoms with E-state index >= 15 is 0 Å². The number of hydrogen-bond acceptors (Lipinski definition) is 3. The molecule has 0 saturated heterocycles. The third kappa shape index (κ3) is 0.716. The SMILES string of the molecule is OC[n+]1cnn[nH]1. The number of hydrogen-bond donors (Lipinski definition) is 2. The number of nitrogens with one attached hydrogen (secondary N) is 1. The molecule has 7 heavy (non-hydrogen) atoms. The molecule has 1 rings (SSSR count). The van der Waals surface area contributed by atoms with Crippen molar-refractivity contribution in [3.63, 3.8) is 0 Å². The molecule has 5 heteroatoms. The van der Waals surface area contributed by atoms with Crippen LogP contribution in [0.1, 0.15) is 0 Å². The van der Waals surface area contributed by atoms with Gasteiger partial charge in [0.1, 0.15) is 5.10 Å². The van der Waals surface area contributed by atoms with Gasteiger partial charge in [-0.3, -0.25) is 0 Å². The van der Waals surface area contributed by atoms with Crippen LogP contribution in [-0.4, -0.2) is 20.6 Å². The Morgan fingerprint density at radius 3 is 3.00 bits per heavy atom. The van der Waals surface area contributed by atoms with Gasteiger partial charge >= 0.3 is 0 Å². The molecule has 38 valence electrons. The van der Waals surface area contributed by atoms with E-state index in [1.54, 1.807) is 0 Å². The molecule has 1 aromatic heterocycles. The van der Waals surface area contributed by atoms with E-state index in [0.29, 0.717) is 0 Å². The summed E-state index contributed by atoms with van der Waals surface area (Å²) in [4.78, 5) is 0. The summed E-state index contributed by atoms with van der Waals surface area (Å²) in [7, 11) is 0. The summed E-state index contributed by atoms with van der Waals surface area (Å²) < 4.78 is 1.33. The molecule has 0 aromatic carbocycles. The Bertz CT molecular complexity index is 124. The second kappa shape index (κ2) is 1.65. The van der Waals surface area contributed by atoms with Crippen LogP contribution in [-0.2, 0) is 6.73 Å². The molecule has 0 radical (unpaired) electrons. The minimum Gasteiger partial charge on any atom is -0.362 e. The highest BCUT2D eigenvalue weighted by molar-refractivity contribution is 4.10. The molecule has 0 unspecified atom stereocenters. The first-order chi connectivity index (χ1) is 3.43. The molecule has 0 amide bonds. The lowest BCUT2D eigenvalue weighted by molar-refractivity contribution is -0.783. The molecule has 1 heterocycles. The molecule has 2 N–H and O–H groups in total. The maximum absolute atomic E-state index is 8.28. The summed E-state index contributed by atoms with van der Waals surface area (Å²) in [6.45, 7) is -0.104. The standard InChI is InChI=1S/C2H4N4O/c7-2-6-1-3-4-5-6/h1,7H,2H2/p+1. The maximum Gasteiger partial charge on any atom is 0.290 e. The molecule has 0 aliphatic carbocycles. The first kappa shape index (κ1) is 4.20. The molecule has 0 aliphatic rings. The van der Waals surface area contributed by atoms with Crippen molar-refractivity contribution in [3.8, 4) is 0 Å². The van der Waals surface area contributed by atoms with Crippen molar-refractivity contribution in [1.29, 1.82) is 0 Å². The van der Waals surface area contributed by atoms with Crippen molar-refractivity contribution < 1.29 is 9.79 Å². The van der Waals surface area contributed by atoms with Gasteiger partial charge in [0.05, 0.1) is 0 Å². The van der Waals surface area contributed by atoms with Crippen molar-refractivity contribution in [1.82, 2.24) is 15.5 Å². The zero-order valence-corrected chi connectivity index (χ0v) is 3.57. The second-order valence-corrected chi connectivity index (χ2v) is 1.04. The molecule has 1 aromatic rings. The fourth-order valence-corrected chi connectivity index (χ4v) is 0.265. The van der Waals surface area contributed by atoms with Gasteiger partial charge in [-0.25, -0.2) is 0 Å². The maximum atomic E-state index is 8.28. The van der Waals surface area contributed by atoms with Gasteiger partial charge in [0, 0.05) is 0 Å². The van der Waals surface area contributed by atoms with Gasteiger partial charge in [-0.2, -0.15) is 0 Å². The highest BCUT2D eigenvalue weighted by Crippen LogP contribution is 1.49. The number of rotatable bonds is 1. The monoisotopic (exact) mass is 101 g/mol. The lowest BCUT2D eigenvalue weighted by atomic mass is 11.2. The number of aliphatic hydroxyl groups is 1. The highest BCUT2D eigenvalue weighted by Gasteiger charge is 1.90. The van der Waals surface area contributed by atoms with Crippen molar-refractivity contribution in [2.75, 3.05) is 0 Å². The first-order valence-electron chi connectivity index (χ1n) is 1.80. The van der Waals surface area contributed by atoms with Crippen LogP contribution in [0.3, 0.4) is 0 Å². The van der Waals surface area contributed by atoms with Crippen LogP contribution in [0, 0.1) is 0 Å². The summed E-state index contributed by atoms with van der Waals surface area (Å²) in [5.41, 5.74) is 0. The van der Waals surface area contributed by atoms with E-state index < -0.39 is 0 Å². The van der Waals surface area contributed by atoms with Crippen LogP contribution in [0.2, 0.25) is 0 Å². The lowest BCUT2D eigenvalue weighted by Gasteiger charge is -1.77. The molecular formula is C2H5N4O+. The van der Waals surface area contributed by atoms with Crippen molar-refractivity contribution >= 4 is 0 Å². The third-order valence-corrected chi connectivity index (χ3v) is 0.574. The number of aliphatic hydroxyl groups excluding tert-OH is 1. The van der Waals surface area contributed by atoms with E-state index in [0.717, 1.165) is 0 Å². The van der Waals surface area contributed by atoms with Crippen LogP contribution in [0.4, 0.5) is 0 Å². The Hall–Kier alpha value is -0.970. The average molecular weight is 101 g/mol. The summed E-state index contributed by atoms with van der Waals surface area (Å²) >= 11 is 0. The van der Waals surface area contributed by atoms with Gasteiger partial charge in [0.25, 0.3) is 6.33 Å². The van der Waals surface area contributed by atoms with E-state index in [1.807, 2.05) is 0 Å². The zero-order chi connectivity index (χ0) is 5.11. The van der Waals surface area contributed by atoms with Crippen LogP contribution >= 0.6 is 0 Å². The normalized spacial score (nSPS) is 9.29. The van der Waals surface area contributed by atoms with Crippen LogP contribution in [0.25, 0.3) is 0 Å². The summed E-state index contributed by atoms with van der Waals surface area (Å²) in [5.74, 6) is 0. The van der Waals surface area contributed by atoms with Gasteiger partial charge in [-0.05, 0) is 0 Å². The fourth-order valence-electron chi connectivity index (χ4n) is 0.265. The molecule has 0 fully saturated rings. The fraction of sp³-hybridized carbons (Fsp3) is 0.500. The first-order valence-corrected chi connectivity index (χ1v) is 1.80. The summed E-state index contributed by atoms with van der Waals surface area (Å²) in [6, 6.07) is 0. The lowest BCUT2D eigenvalue weighted by Crippen LogP contribution is -2.34. The topological polar surface area (TPSA) is 65.7 Å². The average Bonchev–Trinajstić information content (AvgIpc) is 2.14. The van der Waals surface area contributed by atoms with Crippen LogP contribution < -0.4 is 4.68 Å². The van der Waals surface area contributed by atoms with E-state index in [-0.39, 0.29) is 6.73 Å². The van der Waals surface area contributed by atoms with Crippen molar-refractivity contribution in [3.05, 3.63) is 6.33 Å². The van der Waals surface area contributed by atoms with Crippen molar-refractivity contribution in [2.24, 2.45) is 0 Å². The molecular weight excluding hydrogens is 96.0 g/mol. The smallest absolute Gasteiger partial charge is 0.290 e. The third-order valence-electron chi connectivity index (χ3n) is 0.574. The zero-order valence-electron chi connectivity index (χ0n) is 3.57. The van der Waals surface area contributed by atoms with E-state index in [1.165, 1.54) is 11.0 Å². The predicted octanol–water partition coefficient (Wildman–Crippen LogP) is -1.96. The Morgan fingerprint density at radius 2 is 2.71 bits per heavy atom. The molecule has 5 nitrogen and oxygen atoms in total. The van der Waals surface area contributed by atoms with Gasteiger partial charge in [0.2, 0.25) is 0 Å². The molecule has 0 spiro atoms. The minimum atomic E-state index is -0.104. The van der Waals surface area contributed by atoms with Crippen LogP contribution in [0.5, 0.6) is 0 Å². The van der Waals surface area contributed by atoms with Gasteiger partial charge in [0.15, 0.2) is 11.9 Å². The van der Waals surface area contributed by atoms with Gasteiger partial charge < -0.3 is 5.11 Å². The summed E-state index contributed by atoms with van der Waals surface area (Å²) in [6.07, 6.45) is 1.39. The molecule has 0 saturated carbocycles. The molecule has 0 aliphatic heterocycles. The predicted molar refractivity (Wildman–Crippen MR) is 18.8 cm³/mol. The second-order valence-electron chi connectivity index (χ2n) is 1.04. The number of aromatic nitrogens is 4. The number of H-pyrrole nitrogens is 1. The Morgan fingerprint density at radius 1 is 1.86 bits per heavy atom. The number of tetrazole rings is 1. The van der Waals surface area contributed by atoms with Gasteiger partial charge in [-0.1, -0.05) is 5.21 Å². The Labute approximate surface area is 39.6 Å². The number of nitrogens with zero attached hydrogens (tertiary/aromatic N) is 3. The Balaban J connectivity index is 2.76. The molecule has 0 atom stereocenters. The number of aromatic amines is 1. The molecule has 0 bridgehead atoms. The Kier molecular flexibility index (Phi) is 0.991. The van der Waals surface area contributed by atoms with Gasteiger partial charge in [-0.15, -0.1) is 4.68 Å². The summed E-state index contributed by atoms with van der Waals surface area (Å²) in [5, 5.41) is 17.4. The van der Waals surface area contributed by atoms with E-state index in [4.69, 9.17) is 5.11 Å². The quantitative estimate of drug-likeness (QED) is 0.404. The van der Waals surface area contributed by atoms with E-state index in [2.05, 4.69) is 15.5 Å². The largest absolute Gasteiger partial charge is 0.362 e. The van der Waals surface area contributed by atoms with E-state index in [9.17, 15) is 0 Å².